The van der Waals surface area contributed by atoms with E-state index in [4.69, 9.17) is 14.7 Å². The Bertz CT molecular complexity index is 1270. The van der Waals surface area contributed by atoms with Gasteiger partial charge in [-0.15, -0.1) is 0 Å². The zero-order valence-corrected chi connectivity index (χ0v) is 23.0. The number of methoxy groups -OCH3 is 1. The van der Waals surface area contributed by atoms with E-state index in [1.54, 1.807) is 30.5 Å². The highest BCUT2D eigenvalue weighted by Gasteiger charge is 2.37. The highest BCUT2D eigenvalue weighted by molar-refractivity contribution is 7.89. The molecule has 0 bridgehead atoms. The molecule has 0 saturated carbocycles. The van der Waals surface area contributed by atoms with E-state index in [-0.39, 0.29) is 30.3 Å². The Hall–Kier alpha value is -3.51. The van der Waals surface area contributed by atoms with Crippen LogP contribution in [0.3, 0.4) is 0 Å². The van der Waals surface area contributed by atoms with E-state index in [1.807, 2.05) is 44.2 Å². The second-order valence-corrected chi connectivity index (χ2v) is 11.5. The number of carbonyl (C=O) groups excluding carboxylic acids is 1. The van der Waals surface area contributed by atoms with Gasteiger partial charge < -0.3 is 14.6 Å². The van der Waals surface area contributed by atoms with Crippen LogP contribution < -0.4 is 10.2 Å². The Morgan fingerprint density at radius 3 is 2.28 bits per heavy atom. The maximum absolute atomic E-state index is 13.7. The number of aromatic nitrogens is 1. The van der Waals surface area contributed by atoms with Gasteiger partial charge in [0, 0.05) is 37.0 Å². The summed E-state index contributed by atoms with van der Waals surface area (Å²) in [5, 5.41) is 20.8. The summed E-state index contributed by atoms with van der Waals surface area (Å²) in [6, 6.07) is 18.7. The van der Waals surface area contributed by atoms with Crippen molar-refractivity contribution in [3.63, 3.8) is 0 Å². The zero-order chi connectivity index (χ0) is 28.4. The van der Waals surface area contributed by atoms with E-state index in [1.165, 1.54) is 35.2 Å². The molecule has 2 unspecified atom stereocenters. The van der Waals surface area contributed by atoms with Crippen molar-refractivity contribution in [3.05, 3.63) is 90.3 Å². The summed E-state index contributed by atoms with van der Waals surface area (Å²) in [6.45, 7) is 3.67. The lowest BCUT2D eigenvalue weighted by atomic mass is 9.85. The van der Waals surface area contributed by atoms with Crippen LogP contribution in [0.4, 0.5) is 4.79 Å². The smallest absolute Gasteiger partial charge is 0.431 e. The van der Waals surface area contributed by atoms with E-state index >= 15 is 0 Å². The van der Waals surface area contributed by atoms with Crippen molar-refractivity contribution in [2.45, 2.75) is 37.4 Å². The highest BCUT2D eigenvalue weighted by Crippen LogP contribution is 2.33. The molecule has 3 N–H and O–H groups in total. The number of benzene rings is 2. The van der Waals surface area contributed by atoms with Crippen molar-refractivity contribution >= 4 is 16.1 Å². The van der Waals surface area contributed by atoms with Crippen LogP contribution >= 0.6 is 0 Å². The molecule has 0 aliphatic rings. The summed E-state index contributed by atoms with van der Waals surface area (Å²) in [5.74, 6) is -0.316. The molecule has 210 valence electrons. The van der Waals surface area contributed by atoms with Crippen LogP contribution in [0, 0.1) is 11.8 Å². The van der Waals surface area contributed by atoms with Gasteiger partial charge >= 0.3 is 6.09 Å². The maximum atomic E-state index is 13.7. The van der Waals surface area contributed by atoms with E-state index in [9.17, 15) is 18.3 Å². The minimum absolute atomic E-state index is 0.0386. The molecule has 0 spiro atoms. The van der Waals surface area contributed by atoms with Gasteiger partial charge in [0.25, 0.3) is 0 Å². The van der Waals surface area contributed by atoms with Gasteiger partial charge in [-0.25, -0.2) is 18.7 Å². The quantitative estimate of drug-likeness (QED) is 0.213. The molecule has 3 rings (SSSR count). The molecule has 39 heavy (non-hydrogen) atoms. The van der Waals surface area contributed by atoms with Crippen LogP contribution in [0.15, 0.2) is 84.0 Å². The fraction of sp³-hybridized carbons (Fsp3) is 0.357. The van der Waals surface area contributed by atoms with Gasteiger partial charge in [0.1, 0.15) is 11.9 Å². The summed E-state index contributed by atoms with van der Waals surface area (Å²) in [5.41, 5.74) is 2.79. The second-order valence-electron chi connectivity index (χ2n) is 9.54. The largest absolute Gasteiger partial charge is 0.497 e. The predicted octanol–water partition coefficient (Wildman–Crippen LogP) is 3.81. The van der Waals surface area contributed by atoms with Gasteiger partial charge in [-0.05, 0) is 48.2 Å². The van der Waals surface area contributed by atoms with Crippen molar-refractivity contribution in [3.8, 4) is 5.75 Å². The normalized spacial score (nSPS) is 14.0. The molecule has 2 aromatic carbocycles. The standard InChI is InChI=1S/C28H35N3O7S/c1-20(2)18-31(39(35,36)24-13-11-23(37-3)12-14-24)19-26(32)25(16-21-8-5-4-6-9-21)27(38-28(33)30-34)22-10-7-15-29-17-22/h4-15,17,20,25-27,32,34H,16,18-19H2,1-3H3,(H,30,33)/t25?,26-,27?/m0/s1. The summed E-state index contributed by atoms with van der Waals surface area (Å²) >= 11 is 0. The second kappa shape index (κ2) is 14.0. The first-order valence-corrected chi connectivity index (χ1v) is 14.0. The molecular formula is C28H35N3O7S. The first-order valence-electron chi connectivity index (χ1n) is 12.5. The average molecular weight is 558 g/mol. The van der Waals surface area contributed by atoms with Crippen molar-refractivity contribution < 1.29 is 33.0 Å². The molecular weight excluding hydrogens is 522 g/mol. The number of hydrogen-bond acceptors (Lipinski definition) is 8. The van der Waals surface area contributed by atoms with Crippen molar-refractivity contribution in [1.29, 1.82) is 0 Å². The Balaban J connectivity index is 2.01. The van der Waals surface area contributed by atoms with Gasteiger partial charge in [0.05, 0.1) is 18.1 Å². The number of nitrogens with one attached hydrogen (secondary N) is 1. The third kappa shape index (κ3) is 8.24. The number of aliphatic hydroxyl groups excluding tert-OH is 1. The van der Waals surface area contributed by atoms with E-state index in [0.717, 1.165) is 5.56 Å². The number of sulfonamides is 1. The molecule has 3 aromatic rings. The fourth-order valence-electron chi connectivity index (χ4n) is 4.34. The summed E-state index contributed by atoms with van der Waals surface area (Å²) < 4.78 is 39.3. The van der Waals surface area contributed by atoms with Gasteiger partial charge in [-0.3, -0.25) is 10.2 Å². The molecule has 0 saturated heterocycles. The van der Waals surface area contributed by atoms with Gasteiger partial charge in [0.15, 0.2) is 0 Å². The van der Waals surface area contributed by atoms with E-state index in [0.29, 0.717) is 11.3 Å². The molecule has 0 fully saturated rings. The average Bonchev–Trinajstić information content (AvgIpc) is 2.95. The van der Waals surface area contributed by atoms with Crippen LogP contribution in [0.2, 0.25) is 0 Å². The lowest BCUT2D eigenvalue weighted by molar-refractivity contribution is -0.0201. The highest BCUT2D eigenvalue weighted by atomic mass is 32.2. The lowest BCUT2D eigenvalue weighted by Gasteiger charge is -2.34. The van der Waals surface area contributed by atoms with Crippen LogP contribution in [0.25, 0.3) is 0 Å². The minimum Gasteiger partial charge on any atom is -0.497 e. The SMILES string of the molecule is COc1ccc(S(=O)(=O)N(CC(C)C)C[C@H](O)C(Cc2ccccc2)C(OC(=O)NO)c2cccnc2)cc1. The van der Waals surface area contributed by atoms with Crippen molar-refractivity contribution in [2.75, 3.05) is 20.2 Å². The number of hydrogen-bond donors (Lipinski definition) is 3. The van der Waals surface area contributed by atoms with Gasteiger partial charge in [0.2, 0.25) is 10.0 Å². The molecule has 0 radical (unpaired) electrons. The number of carbonyl (C=O) groups is 1. The number of aliphatic hydroxyl groups is 1. The number of pyridine rings is 1. The third-order valence-electron chi connectivity index (χ3n) is 6.19. The van der Waals surface area contributed by atoms with Crippen molar-refractivity contribution in [2.24, 2.45) is 11.8 Å². The molecule has 11 heteroatoms. The van der Waals surface area contributed by atoms with Gasteiger partial charge in [-0.2, -0.15) is 4.31 Å². The number of ether oxygens (including phenoxy) is 2. The summed E-state index contributed by atoms with van der Waals surface area (Å²) in [6.07, 6.45) is -0.127. The summed E-state index contributed by atoms with van der Waals surface area (Å²) in [7, 11) is -2.50. The van der Waals surface area contributed by atoms with E-state index in [2.05, 4.69) is 4.98 Å². The summed E-state index contributed by atoms with van der Waals surface area (Å²) in [4.78, 5) is 16.3. The van der Waals surface area contributed by atoms with Gasteiger partial charge in [-0.1, -0.05) is 50.2 Å². The van der Waals surface area contributed by atoms with Crippen LogP contribution in [0.5, 0.6) is 5.75 Å². The first kappa shape index (κ1) is 30.0. The number of rotatable bonds is 13. The third-order valence-corrected chi connectivity index (χ3v) is 8.04. The molecule has 3 atom stereocenters. The number of hydroxylamine groups is 1. The fourth-order valence-corrected chi connectivity index (χ4v) is 5.96. The number of nitrogens with zero attached hydrogens (tertiary/aromatic N) is 2. The Morgan fingerprint density at radius 1 is 1.03 bits per heavy atom. The molecule has 0 aliphatic carbocycles. The molecule has 0 aliphatic heterocycles. The molecule has 1 amide bonds. The van der Waals surface area contributed by atoms with Crippen LogP contribution in [-0.4, -0.2) is 60.4 Å². The zero-order valence-electron chi connectivity index (χ0n) is 22.2. The molecule has 1 aromatic heterocycles. The van der Waals surface area contributed by atoms with Crippen molar-refractivity contribution in [1.82, 2.24) is 14.8 Å². The topological polar surface area (TPSA) is 138 Å². The van der Waals surface area contributed by atoms with Crippen LogP contribution in [0.1, 0.15) is 31.1 Å². The van der Waals surface area contributed by atoms with Crippen LogP contribution in [-0.2, 0) is 21.2 Å². The Morgan fingerprint density at radius 2 is 1.72 bits per heavy atom. The molecule has 1 heterocycles. The monoisotopic (exact) mass is 557 g/mol. The Kier molecular flexibility index (Phi) is 10.8. The Labute approximate surface area is 229 Å². The maximum Gasteiger partial charge on any atom is 0.431 e. The lowest BCUT2D eigenvalue weighted by Crippen LogP contribution is -2.44. The van der Waals surface area contributed by atoms with E-state index < -0.39 is 34.2 Å². The number of amides is 1. The minimum atomic E-state index is -4.00. The first-order chi connectivity index (χ1) is 18.6. The predicted molar refractivity (Wildman–Crippen MR) is 145 cm³/mol. The molecule has 10 nitrogen and oxygen atoms in total.